The molecule has 0 fully saturated rings. The molecule has 16 heteroatoms. The lowest BCUT2D eigenvalue weighted by Gasteiger charge is -2.50. The van der Waals surface area contributed by atoms with Crippen molar-refractivity contribution < 1.29 is 49.6 Å². The normalized spacial score (nSPS) is 22.4. The quantitative estimate of drug-likeness (QED) is 0.0902. The number of rotatable bonds is 17. The van der Waals surface area contributed by atoms with E-state index in [0.717, 1.165) is 11.1 Å². The van der Waals surface area contributed by atoms with Crippen molar-refractivity contribution >= 4 is 17.7 Å². The smallest absolute Gasteiger partial charge is 0.399 e. The lowest BCUT2D eigenvalue weighted by Crippen LogP contribution is -2.64. The van der Waals surface area contributed by atoms with Crippen LogP contribution in [-0.2, 0) is 40.3 Å². The van der Waals surface area contributed by atoms with Gasteiger partial charge in [-0.15, -0.1) is 0 Å². The van der Waals surface area contributed by atoms with Crippen LogP contribution in [0.3, 0.4) is 0 Å². The summed E-state index contributed by atoms with van der Waals surface area (Å²) in [4.78, 5) is 8.73. The van der Waals surface area contributed by atoms with Gasteiger partial charge in [-0.2, -0.15) is 17.2 Å². The first-order chi connectivity index (χ1) is 21.9. The Balaban J connectivity index is 1.78. The molecule has 1 aliphatic carbocycles. The molecule has 0 spiro atoms. The Hall–Kier alpha value is -2.52. The molecule has 12 nitrogen and oxygen atoms in total. The molecular formula is C31H46F2N3O9PS. The molecule has 0 aliphatic heterocycles. The molecule has 264 valence electrons. The molecule has 3 atom stereocenters. The van der Waals surface area contributed by atoms with Crippen LogP contribution in [0.2, 0.25) is 0 Å². The largest absolute Gasteiger partial charge is 0.496 e. The first kappa shape index (κ1) is 38.9. The monoisotopic (exact) mass is 705 g/mol. The van der Waals surface area contributed by atoms with E-state index in [1.165, 1.54) is 21.0 Å². The maximum atomic E-state index is 14.5. The summed E-state index contributed by atoms with van der Waals surface area (Å²) in [6.45, 7) is 9.09. The van der Waals surface area contributed by atoms with Crippen LogP contribution in [0.25, 0.3) is 0 Å². The maximum absolute atomic E-state index is 14.5. The average molecular weight is 706 g/mol. The van der Waals surface area contributed by atoms with Crippen molar-refractivity contribution in [3.63, 3.8) is 0 Å². The number of nitrogens with zero attached hydrogens (tertiary/aromatic N) is 2. The molecule has 0 saturated carbocycles. The highest BCUT2D eigenvalue weighted by Crippen LogP contribution is 2.63. The number of methoxy groups -OCH3 is 1. The van der Waals surface area contributed by atoms with Crippen molar-refractivity contribution in [3.05, 3.63) is 58.7 Å². The predicted molar refractivity (Wildman–Crippen MR) is 173 cm³/mol. The average Bonchev–Trinajstić information content (AvgIpc) is 2.96. The Morgan fingerprint density at radius 2 is 1.77 bits per heavy atom. The molecule has 1 aromatic carbocycles. The third-order valence-corrected chi connectivity index (χ3v) is 12.0. The Kier molecular flexibility index (Phi) is 12.7. The number of aromatic nitrogens is 2. The Morgan fingerprint density at radius 3 is 2.34 bits per heavy atom. The standard InChI is InChI=1S/C31H46F2N3O9PS/c1-8-44-46(37,45-9-2)31(32,33)13-15-42-16-17-43-24-11-10-23(26(19-24)41-7)18-25-21(3)20-29(5,34)28(47(38,39)40)30(25,6)27-12-14-35-22(4)36-27/h10-12,14,19,28H,8-9,13,15-18,20,34H2,1-7H3,(H,38,39,40). The number of aryl methyl sites for hydroxylation is 1. The molecule has 3 unspecified atom stereocenters. The summed E-state index contributed by atoms with van der Waals surface area (Å²) in [5.74, 6) is 1.31. The number of nitrogens with two attached hydrogens (primary N) is 1. The second kappa shape index (κ2) is 15.4. The number of benzene rings is 1. The first-order valence-corrected chi connectivity index (χ1v) is 18.3. The first-order valence-electron chi connectivity index (χ1n) is 15.2. The highest BCUT2D eigenvalue weighted by Gasteiger charge is 2.58. The van der Waals surface area contributed by atoms with E-state index in [1.54, 1.807) is 51.2 Å². The van der Waals surface area contributed by atoms with E-state index in [4.69, 9.17) is 29.0 Å². The van der Waals surface area contributed by atoms with Gasteiger partial charge in [0.2, 0.25) is 0 Å². The zero-order chi connectivity index (χ0) is 35.3. The van der Waals surface area contributed by atoms with Gasteiger partial charge in [-0.25, -0.2) is 9.97 Å². The number of alkyl halides is 2. The fourth-order valence-corrected chi connectivity index (χ4v) is 9.53. The summed E-state index contributed by atoms with van der Waals surface area (Å²) in [5, 5.41) is -1.41. The fourth-order valence-electron chi connectivity index (χ4n) is 6.41. The van der Waals surface area contributed by atoms with E-state index in [2.05, 4.69) is 9.97 Å². The van der Waals surface area contributed by atoms with Gasteiger partial charge in [0, 0.05) is 24.2 Å². The number of ether oxygens (including phenoxy) is 3. The van der Waals surface area contributed by atoms with E-state index in [1.807, 2.05) is 6.92 Å². The van der Waals surface area contributed by atoms with Crippen LogP contribution < -0.4 is 15.2 Å². The van der Waals surface area contributed by atoms with Crippen LogP contribution in [0.15, 0.2) is 41.6 Å². The van der Waals surface area contributed by atoms with Gasteiger partial charge in [0.05, 0.1) is 44.6 Å². The van der Waals surface area contributed by atoms with Crippen molar-refractivity contribution in [2.75, 3.05) is 40.1 Å². The Bertz CT molecular complexity index is 1580. The lowest BCUT2D eigenvalue weighted by atomic mass is 9.61. The van der Waals surface area contributed by atoms with Crippen LogP contribution in [0.5, 0.6) is 11.5 Å². The van der Waals surface area contributed by atoms with E-state index < -0.39 is 52.6 Å². The van der Waals surface area contributed by atoms with Crippen LogP contribution in [0.1, 0.15) is 64.5 Å². The third-order valence-electron chi connectivity index (χ3n) is 8.19. The van der Waals surface area contributed by atoms with Crippen molar-refractivity contribution in [2.45, 2.75) is 82.7 Å². The summed E-state index contributed by atoms with van der Waals surface area (Å²) < 4.78 is 104. The van der Waals surface area contributed by atoms with Gasteiger partial charge in [-0.05, 0) is 72.1 Å². The molecule has 2 aromatic rings. The highest BCUT2D eigenvalue weighted by molar-refractivity contribution is 7.86. The van der Waals surface area contributed by atoms with E-state index in [9.17, 15) is 26.3 Å². The molecular weight excluding hydrogens is 659 g/mol. The molecule has 3 N–H and O–H groups in total. The minimum atomic E-state index is -4.66. The summed E-state index contributed by atoms with van der Waals surface area (Å²) >= 11 is 0. The molecule has 0 amide bonds. The number of halogens is 2. The van der Waals surface area contributed by atoms with Gasteiger partial charge in [0.25, 0.3) is 10.1 Å². The minimum Gasteiger partial charge on any atom is -0.496 e. The molecule has 0 saturated heterocycles. The highest BCUT2D eigenvalue weighted by atomic mass is 32.2. The van der Waals surface area contributed by atoms with Crippen molar-refractivity contribution in [1.29, 1.82) is 0 Å². The van der Waals surface area contributed by atoms with Crippen LogP contribution in [0, 0.1) is 6.92 Å². The Morgan fingerprint density at radius 1 is 1.11 bits per heavy atom. The Labute approximate surface area is 275 Å². The summed E-state index contributed by atoms with van der Waals surface area (Å²) in [7, 11) is -7.79. The van der Waals surface area contributed by atoms with Gasteiger partial charge in [-0.3, -0.25) is 9.12 Å². The second-order valence-corrected chi connectivity index (χ2v) is 15.6. The zero-order valence-corrected chi connectivity index (χ0v) is 29.6. The lowest BCUT2D eigenvalue weighted by molar-refractivity contribution is -0.000498. The van der Waals surface area contributed by atoms with Gasteiger partial charge < -0.3 is 29.0 Å². The third kappa shape index (κ3) is 8.75. The van der Waals surface area contributed by atoms with Gasteiger partial charge in [0.1, 0.15) is 29.2 Å². The molecule has 1 aromatic heterocycles. The van der Waals surface area contributed by atoms with E-state index in [-0.39, 0.29) is 39.3 Å². The molecule has 1 heterocycles. The molecule has 0 radical (unpaired) electrons. The number of allylic oxidation sites excluding steroid dienone is 1. The van der Waals surface area contributed by atoms with Crippen molar-refractivity contribution in [2.24, 2.45) is 5.73 Å². The second-order valence-electron chi connectivity index (χ2n) is 11.9. The molecule has 47 heavy (non-hydrogen) atoms. The number of hydrogen-bond donors (Lipinski definition) is 2. The summed E-state index contributed by atoms with van der Waals surface area (Å²) in [6, 6.07) is 6.76. The van der Waals surface area contributed by atoms with Gasteiger partial charge >= 0.3 is 13.3 Å². The minimum absolute atomic E-state index is 0.0224. The van der Waals surface area contributed by atoms with Gasteiger partial charge in [-0.1, -0.05) is 17.2 Å². The topological polar surface area (TPSA) is 169 Å². The van der Waals surface area contributed by atoms with Crippen LogP contribution in [-0.4, -0.2) is 79.5 Å². The summed E-state index contributed by atoms with van der Waals surface area (Å²) in [5.41, 5.74) is 2.97. The van der Waals surface area contributed by atoms with Crippen LogP contribution >= 0.6 is 7.60 Å². The zero-order valence-electron chi connectivity index (χ0n) is 27.9. The van der Waals surface area contributed by atoms with Gasteiger partial charge in [0.15, 0.2) is 0 Å². The van der Waals surface area contributed by atoms with Crippen molar-refractivity contribution in [3.8, 4) is 11.5 Å². The number of hydrogen-bond acceptors (Lipinski definition) is 11. The SMILES string of the molecule is CCOP(=O)(OCC)C(F)(F)CCOCCOc1ccc(CC2=C(C)CC(C)(N)C(S(=O)(=O)O)C2(C)c2ccnc(C)n2)c(OC)c1. The van der Waals surface area contributed by atoms with Crippen molar-refractivity contribution in [1.82, 2.24) is 9.97 Å². The summed E-state index contributed by atoms with van der Waals surface area (Å²) in [6.07, 6.45) is 1.16. The van der Waals surface area contributed by atoms with Crippen LogP contribution in [0.4, 0.5) is 8.78 Å². The molecule has 3 rings (SSSR count). The van der Waals surface area contributed by atoms with E-state index in [0.29, 0.717) is 28.6 Å². The molecule has 1 aliphatic rings. The van der Waals surface area contributed by atoms with E-state index >= 15 is 0 Å². The molecule has 0 bridgehead atoms. The maximum Gasteiger partial charge on any atom is 0.399 e. The fraction of sp³-hybridized carbons (Fsp3) is 0.613. The predicted octanol–water partition coefficient (Wildman–Crippen LogP) is 5.63.